The van der Waals surface area contributed by atoms with Crippen molar-refractivity contribution in [1.82, 2.24) is 9.97 Å². The predicted molar refractivity (Wildman–Crippen MR) is 76.3 cm³/mol. The van der Waals surface area contributed by atoms with Gasteiger partial charge in [-0.1, -0.05) is 13.0 Å². The Hall–Kier alpha value is -2.10. The minimum absolute atomic E-state index is 0.645. The zero-order chi connectivity index (χ0) is 13.5. The molecule has 2 aromatic rings. The van der Waals surface area contributed by atoms with E-state index in [1.54, 1.807) is 12.4 Å². The van der Waals surface area contributed by atoms with Crippen LogP contribution in [0.2, 0.25) is 0 Å². The summed E-state index contributed by atoms with van der Waals surface area (Å²) in [6.07, 6.45) is 4.54. The lowest BCUT2D eigenvalue weighted by Crippen LogP contribution is -2.07. The molecule has 0 bridgehead atoms. The molecule has 0 radical (unpaired) electrons. The van der Waals surface area contributed by atoms with Crippen molar-refractivity contribution in [3.05, 3.63) is 47.9 Å². The van der Waals surface area contributed by atoms with Gasteiger partial charge in [0.05, 0.1) is 18.8 Å². The number of hydrogen-bond donors (Lipinski definition) is 1. The summed E-state index contributed by atoms with van der Waals surface area (Å²) in [4.78, 5) is 8.67. The van der Waals surface area contributed by atoms with Crippen molar-refractivity contribution >= 4 is 5.82 Å². The van der Waals surface area contributed by atoms with E-state index in [2.05, 4.69) is 35.2 Å². The van der Waals surface area contributed by atoms with Crippen molar-refractivity contribution < 1.29 is 4.74 Å². The van der Waals surface area contributed by atoms with Crippen LogP contribution in [-0.4, -0.2) is 16.6 Å². The van der Waals surface area contributed by atoms with E-state index in [1.807, 2.05) is 18.2 Å². The number of hydrogen-bond acceptors (Lipinski definition) is 4. The number of anilines is 1. The molecule has 2 aromatic heterocycles. The maximum atomic E-state index is 5.66. The summed E-state index contributed by atoms with van der Waals surface area (Å²) >= 11 is 0. The molecule has 0 aliphatic rings. The van der Waals surface area contributed by atoms with Gasteiger partial charge in [0.1, 0.15) is 0 Å². The molecule has 2 heterocycles. The Morgan fingerprint density at radius 1 is 1.16 bits per heavy atom. The highest BCUT2D eigenvalue weighted by Gasteiger charge is 2.05. The zero-order valence-corrected chi connectivity index (χ0v) is 11.4. The lowest BCUT2D eigenvalue weighted by atomic mass is 10.2. The Kier molecular flexibility index (Phi) is 4.72. The lowest BCUT2D eigenvalue weighted by molar-refractivity contribution is 0.318. The zero-order valence-electron chi connectivity index (χ0n) is 11.4. The summed E-state index contributed by atoms with van der Waals surface area (Å²) in [6.45, 7) is 5.48. The Balaban J connectivity index is 2.05. The monoisotopic (exact) mass is 257 g/mol. The second kappa shape index (κ2) is 6.73. The van der Waals surface area contributed by atoms with Crippen LogP contribution in [-0.2, 0) is 6.54 Å². The first-order valence-corrected chi connectivity index (χ1v) is 6.53. The average Bonchev–Trinajstić information content (AvgIpc) is 2.45. The van der Waals surface area contributed by atoms with Gasteiger partial charge in [-0.2, -0.15) is 0 Å². The summed E-state index contributed by atoms with van der Waals surface area (Å²) in [6, 6.07) is 7.80. The molecule has 0 saturated carbocycles. The largest absolute Gasteiger partial charge is 0.490 e. The fraction of sp³-hybridized carbons (Fsp3) is 0.333. The van der Waals surface area contributed by atoms with Crippen LogP contribution >= 0.6 is 0 Å². The molecule has 4 heteroatoms. The summed E-state index contributed by atoms with van der Waals surface area (Å²) in [7, 11) is 0. The van der Waals surface area contributed by atoms with E-state index in [-0.39, 0.29) is 0 Å². The van der Waals surface area contributed by atoms with Gasteiger partial charge in [0, 0.05) is 12.4 Å². The Morgan fingerprint density at radius 3 is 2.74 bits per heavy atom. The number of ether oxygens (including phenoxy) is 1. The van der Waals surface area contributed by atoms with E-state index in [9.17, 15) is 0 Å². The van der Waals surface area contributed by atoms with Crippen LogP contribution in [0.4, 0.5) is 5.82 Å². The maximum Gasteiger partial charge on any atom is 0.169 e. The van der Waals surface area contributed by atoms with Crippen molar-refractivity contribution in [1.29, 1.82) is 0 Å². The highest BCUT2D eigenvalue weighted by atomic mass is 16.5. The molecule has 0 spiro atoms. The van der Waals surface area contributed by atoms with Gasteiger partial charge in [0.2, 0.25) is 0 Å². The van der Waals surface area contributed by atoms with E-state index < -0.39 is 0 Å². The Morgan fingerprint density at radius 2 is 1.95 bits per heavy atom. The second-order valence-corrected chi connectivity index (χ2v) is 4.32. The van der Waals surface area contributed by atoms with Crippen molar-refractivity contribution in [3.63, 3.8) is 0 Å². The molecule has 0 unspecified atom stereocenters. The van der Waals surface area contributed by atoms with Gasteiger partial charge in [-0.05, 0) is 37.1 Å². The van der Waals surface area contributed by atoms with E-state index in [0.717, 1.165) is 23.7 Å². The highest BCUT2D eigenvalue weighted by Crippen LogP contribution is 2.21. The third kappa shape index (κ3) is 3.68. The first-order chi connectivity index (χ1) is 9.31. The minimum atomic E-state index is 0.645. The first-order valence-electron chi connectivity index (χ1n) is 6.53. The highest BCUT2D eigenvalue weighted by molar-refractivity contribution is 5.49. The molecule has 0 aliphatic carbocycles. The summed E-state index contributed by atoms with van der Waals surface area (Å²) < 4.78 is 5.66. The average molecular weight is 257 g/mol. The summed E-state index contributed by atoms with van der Waals surface area (Å²) in [5.41, 5.74) is 2.19. The predicted octanol–water partition coefficient (Wildman–Crippen LogP) is 3.19. The SMILES string of the molecule is CCCOc1cccnc1NCc1ncccc1C. The van der Waals surface area contributed by atoms with Gasteiger partial charge in [-0.15, -0.1) is 0 Å². The number of nitrogens with zero attached hydrogens (tertiary/aromatic N) is 2. The third-order valence-corrected chi connectivity index (χ3v) is 2.77. The van der Waals surface area contributed by atoms with Crippen molar-refractivity contribution in [2.24, 2.45) is 0 Å². The van der Waals surface area contributed by atoms with Crippen LogP contribution < -0.4 is 10.1 Å². The van der Waals surface area contributed by atoms with Crippen molar-refractivity contribution in [2.75, 3.05) is 11.9 Å². The second-order valence-electron chi connectivity index (χ2n) is 4.32. The molecule has 100 valence electrons. The number of aryl methyl sites for hydroxylation is 1. The van der Waals surface area contributed by atoms with E-state index in [4.69, 9.17) is 4.74 Å². The van der Waals surface area contributed by atoms with Gasteiger partial charge in [-0.25, -0.2) is 4.98 Å². The number of aromatic nitrogens is 2. The first kappa shape index (κ1) is 13.3. The third-order valence-electron chi connectivity index (χ3n) is 2.77. The van der Waals surface area contributed by atoms with Crippen molar-refractivity contribution in [3.8, 4) is 5.75 Å². The normalized spacial score (nSPS) is 10.2. The van der Waals surface area contributed by atoms with E-state index in [1.165, 1.54) is 5.56 Å². The summed E-state index contributed by atoms with van der Waals surface area (Å²) in [5.74, 6) is 1.55. The van der Waals surface area contributed by atoms with Gasteiger partial charge in [-0.3, -0.25) is 4.98 Å². The van der Waals surface area contributed by atoms with Crippen LogP contribution in [0.15, 0.2) is 36.7 Å². The van der Waals surface area contributed by atoms with Gasteiger partial charge in [0.25, 0.3) is 0 Å². The van der Waals surface area contributed by atoms with Crippen LogP contribution in [0.3, 0.4) is 0 Å². The van der Waals surface area contributed by atoms with E-state index >= 15 is 0 Å². The van der Waals surface area contributed by atoms with Crippen LogP contribution in [0, 0.1) is 6.92 Å². The Labute approximate surface area is 113 Å². The molecule has 0 aromatic carbocycles. The van der Waals surface area contributed by atoms with Gasteiger partial charge < -0.3 is 10.1 Å². The molecular formula is C15H19N3O. The molecule has 1 N–H and O–H groups in total. The van der Waals surface area contributed by atoms with Gasteiger partial charge >= 0.3 is 0 Å². The standard InChI is InChI=1S/C15H19N3O/c1-3-10-19-14-7-5-9-17-15(14)18-11-13-12(2)6-4-8-16-13/h4-9H,3,10-11H2,1-2H3,(H,17,18). The molecule has 2 rings (SSSR count). The molecule has 19 heavy (non-hydrogen) atoms. The fourth-order valence-electron chi connectivity index (χ4n) is 1.72. The molecule has 4 nitrogen and oxygen atoms in total. The molecule has 0 saturated heterocycles. The molecule has 0 amide bonds. The van der Waals surface area contributed by atoms with E-state index in [0.29, 0.717) is 13.2 Å². The number of pyridine rings is 2. The lowest BCUT2D eigenvalue weighted by Gasteiger charge is -2.12. The topological polar surface area (TPSA) is 47.0 Å². The summed E-state index contributed by atoms with van der Waals surface area (Å²) in [5, 5.41) is 3.28. The molecule has 0 atom stereocenters. The fourth-order valence-corrected chi connectivity index (χ4v) is 1.72. The smallest absolute Gasteiger partial charge is 0.169 e. The number of nitrogens with one attached hydrogen (secondary N) is 1. The quantitative estimate of drug-likeness (QED) is 0.863. The number of rotatable bonds is 6. The van der Waals surface area contributed by atoms with Crippen LogP contribution in [0.1, 0.15) is 24.6 Å². The molecule has 0 fully saturated rings. The maximum absolute atomic E-state index is 5.66. The minimum Gasteiger partial charge on any atom is -0.490 e. The Bertz CT molecular complexity index is 528. The van der Waals surface area contributed by atoms with Crippen molar-refractivity contribution in [2.45, 2.75) is 26.8 Å². The van der Waals surface area contributed by atoms with Gasteiger partial charge in [0.15, 0.2) is 11.6 Å². The van der Waals surface area contributed by atoms with Crippen LogP contribution in [0.5, 0.6) is 5.75 Å². The molecule has 0 aliphatic heterocycles. The van der Waals surface area contributed by atoms with Crippen LogP contribution in [0.25, 0.3) is 0 Å². The molecular weight excluding hydrogens is 238 g/mol.